The summed E-state index contributed by atoms with van der Waals surface area (Å²) in [6, 6.07) is 15.6. The minimum atomic E-state index is -3.91. The summed E-state index contributed by atoms with van der Waals surface area (Å²) in [5.41, 5.74) is 1.91. The molecule has 0 unspecified atom stereocenters. The van der Waals surface area contributed by atoms with Crippen LogP contribution in [0.1, 0.15) is 12.0 Å². The number of anilines is 1. The molecule has 4 rings (SSSR count). The van der Waals surface area contributed by atoms with Gasteiger partial charge in [-0.15, -0.1) is 0 Å². The van der Waals surface area contributed by atoms with Crippen molar-refractivity contribution in [3.05, 3.63) is 60.2 Å². The van der Waals surface area contributed by atoms with Gasteiger partial charge in [0.05, 0.1) is 4.90 Å². The van der Waals surface area contributed by atoms with Crippen molar-refractivity contribution in [3.63, 3.8) is 0 Å². The number of rotatable bonds is 4. The van der Waals surface area contributed by atoms with Gasteiger partial charge in [-0.2, -0.15) is 9.36 Å². The third kappa shape index (κ3) is 5.02. The quantitative estimate of drug-likeness (QED) is 0.647. The normalized spacial score (nSPS) is 14.9. The summed E-state index contributed by atoms with van der Waals surface area (Å²) in [5, 5.41) is 0.799. The molecule has 31 heavy (non-hydrogen) atoms. The highest BCUT2D eigenvalue weighted by molar-refractivity contribution is 7.90. The summed E-state index contributed by atoms with van der Waals surface area (Å²) in [4.78, 5) is 21.0. The summed E-state index contributed by atoms with van der Waals surface area (Å²) >= 11 is 1.33. The van der Waals surface area contributed by atoms with Gasteiger partial charge in [-0.1, -0.05) is 48.0 Å². The fourth-order valence-corrected chi connectivity index (χ4v) is 5.03. The Morgan fingerprint density at radius 1 is 1.00 bits per heavy atom. The summed E-state index contributed by atoms with van der Waals surface area (Å²) in [6.07, 6.45) is 0.707. The molecular weight excluding hydrogens is 434 g/mol. The lowest BCUT2D eigenvalue weighted by atomic mass is 10.2. The van der Waals surface area contributed by atoms with Gasteiger partial charge in [0.15, 0.2) is 5.82 Å². The lowest BCUT2D eigenvalue weighted by Crippen LogP contribution is -2.44. The number of sulfonamides is 1. The van der Waals surface area contributed by atoms with Crippen LogP contribution in [0.2, 0.25) is 0 Å². The zero-order valence-corrected chi connectivity index (χ0v) is 18.7. The zero-order valence-electron chi connectivity index (χ0n) is 17.1. The van der Waals surface area contributed by atoms with Crippen molar-refractivity contribution in [2.45, 2.75) is 18.2 Å². The van der Waals surface area contributed by atoms with E-state index < -0.39 is 16.1 Å². The summed E-state index contributed by atoms with van der Waals surface area (Å²) in [5.74, 6) is 0.684. The minimum absolute atomic E-state index is 0.0743. The van der Waals surface area contributed by atoms with Crippen LogP contribution in [0.5, 0.6) is 0 Å². The first-order valence-electron chi connectivity index (χ1n) is 9.95. The molecule has 162 valence electrons. The summed E-state index contributed by atoms with van der Waals surface area (Å²) < 4.78 is 31.7. The standard InChI is InChI=1S/C21H23N5O3S2/c1-16-8-10-18(11-9-16)31(28,29)24-20(27)25-12-5-13-26(15-14-25)21-22-19(23-30-21)17-6-3-2-4-7-17/h2-4,6-11H,5,12-15H2,1H3,(H,24,27). The molecular formula is C21H23N5O3S2. The molecule has 2 amide bonds. The fourth-order valence-electron chi connectivity index (χ4n) is 3.32. The van der Waals surface area contributed by atoms with Crippen molar-refractivity contribution in [3.8, 4) is 11.4 Å². The van der Waals surface area contributed by atoms with Crippen molar-refractivity contribution in [2.24, 2.45) is 0 Å². The van der Waals surface area contributed by atoms with Crippen molar-refractivity contribution >= 4 is 32.7 Å². The molecule has 3 aromatic rings. The Morgan fingerprint density at radius 2 is 1.74 bits per heavy atom. The molecule has 0 radical (unpaired) electrons. The lowest BCUT2D eigenvalue weighted by molar-refractivity contribution is 0.207. The molecule has 0 aliphatic carbocycles. The maximum Gasteiger partial charge on any atom is 0.331 e. The lowest BCUT2D eigenvalue weighted by Gasteiger charge is -2.21. The van der Waals surface area contributed by atoms with Gasteiger partial charge in [0.1, 0.15) is 0 Å². The van der Waals surface area contributed by atoms with Crippen LogP contribution >= 0.6 is 11.5 Å². The van der Waals surface area contributed by atoms with Gasteiger partial charge < -0.3 is 9.80 Å². The van der Waals surface area contributed by atoms with E-state index in [1.165, 1.54) is 28.6 Å². The zero-order chi connectivity index (χ0) is 21.8. The number of amides is 2. The molecule has 1 aromatic heterocycles. The van der Waals surface area contributed by atoms with Gasteiger partial charge in [0.25, 0.3) is 10.0 Å². The predicted octanol–water partition coefficient (Wildman–Crippen LogP) is 3.12. The topological polar surface area (TPSA) is 95.5 Å². The van der Waals surface area contributed by atoms with Crippen LogP contribution in [0.25, 0.3) is 11.4 Å². The molecule has 8 nitrogen and oxygen atoms in total. The van der Waals surface area contributed by atoms with Crippen LogP contribution in [0.15, 0.2) is 59.5 Å². The third-order valence-electron chi connectivity index (χ3n) is 5.05. The van der Waals surface area contributed by atoms with Crippen molar-refractivity contribution in [1.82, 2.24) is 19.0 Å². The van der Waals surface area contributed by atoms with Crippen LogP contribution < -0.4 is 9.62 Å². The van der Waals surface area contributed by atoms with Crippen LogP contribution in [0, 0.1) is 6.92 Å². The number of carbonyl (C=O) groups is 1. The second kappa shape index (κ2) is 9.03. The highest BCUT2D eigenvalue weighted by Crippen LogP contribution is 2.24. The van der Waals surface area contributed by atoms with E-state index in [0.717, 1.165) is 22.8 Å². The van der Waals surface area contributed by atoms with Crippen molar-refractivity contribution in [1.29, 1.82) is 0 Å². The Hall–Kier alpha value is -2.98. The van der Waals surface area contributed by atoms with Crippen molar-refractivity contribution < 1.29 is 13.2 Å². The second-order valence-corrected chi connectivity index (χ2v) is 9.73. The van der Waals surface area contributed by atoms with Gasteiger partial charge in [-0.25, -0.2) is 17.9 Å². The molecule has 1 aliphatic heterocycles. The summed E-state index contributed by atoms with van der Waals surface area (Å²) in [7, 11) is -3.91. The molecule has 2 aromatic carbocycles. The molecule has 1 saturated heterocycles. The number of nitrogens with one attached hydrogen (secondary N) is 1. The first-order valence-corrected chi connectivity index (χ1v) is 12.2. The van der Waals surface area contributed by atoms with Crippen molar-refractivity contribution in [2.75, 3.05) is 31.1 Å². The van der Waals surface area contributed by atoms with E-state index in [1.807, 2.05) is 37.3 Å². The molecule has 0 bridgehead atoms. The SMILES string of the molecule is Cc1ccc(S(=O)(=O)NC(=O)N2CCCN(c3nc(-c4ccccc4)ns3)CC2)cc1. The highest BCUT2D eigenvalue weighted by atomic mass is 32.2. The van der Waals surface area contributed by atoms with E-state index in [1.54, 1.807) is 12.1 Å². The molecule has 1 fully saturated rings. The van der Waals surface area contributed by atoms with Gasteiger partial charge in [-0.05, 0) is 25.5 Å². The third-order valence-corrected chi connectivity index (χ3v) is 7.17. The van der Waals surface area contributed by atoms with Gasteiger partial charge in [0, 0.05) is 43.3 Å². The fraction of sp³-hybridized carbons (Fsp3) is 0.286. The molecule has 2 heterocycles. The number of aromatic nitrogens is 2. The van der Waals surface area contributed by atoms with E-state index in [2.05, 4.69) is 19.0 Å². The number of urea groups is 1. The number of hydrogen-bond donors (Lipinski definition) is 1. The maximum absolute atomic E-state index is 12.6. The molecule has 0 atom stereocenters. The summed E-state index contributed by atoms with van der Waals surface area (Å²) in [6.45, 7) is 4.02. The molecule has 1 aliphatic rings. The Labute approximate surface area is 185 Å². The minimum Gasteiger partial charge on any atom is -0.345 e. The number of hydrogen-bond acceptors (Lipinski definition) is 7. The maximum atomic E-state index is 12.6. The number of carbonyl (C=O) groups excluding carboxylic acids is 1. The Bertz CT molecular complexity index is 1150. The van der Waals surface area contributed by atoms with Crippen LogP contribution in [-0.2, 0) is 10.0 Å². The van der Waals surface area contributed by atoms with Gasteiger partial charge in [0.2, 0.25) is 5.13 Å². The smallest absolute Gasteiger partial charge is 0.331 e. The van der Waals surface area contributed by atoms with E-state index in [4.69, 9.17) is 0 Å². The molecule has 1 N–H and O–H groups in total. The molecule has 0 saturated carbocycles. The Balaban J connectivity index is 1.39. The monoisotopic (exact) mass is 457 g/mol. The Morgan fingerprint density at radius 3 is 2.48 bits per heavy atom. The first-order chi connectivity index (χ1) is 14.9. The number of nitrogens with zero attached hydrogens (tertiary/aromatic N) is 4. The average molecular weight is 458 g/mol. The van der Waals surface area contributed by atoms with Crippen LogP contribution in [-0.4, -0.2) is 54.9 Å². The van der Waals surface area contributed by atoms with E-state index in [0.29, 0.717) is 31.9 Å². The largest absolute Gasteiger partial charge is 0.345 e. The average Bonchev–Trinajstić information content (AvgIpc) is 3.12. The number of benzene rings is 2. The van der Waals surface area contributed by atoms with Gasteiger partial charge in [-0.3, -0.25) is 0 Å². The van der Waals surface area contributed by atoms with E-state index in [-0.39, 0.29) is 4.90 Å². The van der Waals surface area contributed by atoms with E-state index >= 15 is 0 Å². The first kappa shape index (κ1) is 21.3. The van der Waals surface area contributed by atoms with Gasteiger partial charge >= 0.3 is 6.03 Å². The number of aryl methyl sites for hydroxylation is 1. The predicted molar refractivity (Wildman–Crippen MR) is 121 cm³/mol. The Kier molecular flexibility index (Phi) is 6.19. The molecule has 10 heteroatoms. The second-order valence-electron chi connectivity index (χ2n) is 7.32. The van der Waals surface area contributed by atoms with Crippen LogP contribution in [0.3, 0.4) is 0 Å². The molecule has 0 spiro atoms. The van der Waals surface area contributed by atoms with Crippen LogP contribution in [0.4, 0.5) is 9.93 Å². The highest BCUT2D eigenvalue weighted by Gasteiger charge is 2.25. The van der Waals surface area contributed by atoms with E-state index in [9.17, 15) is 13.2 Å².